The van der Waals surface area contributed by atoms with Crippen molar-refractivity contribution in [2.24, 2.45) is 17.3 Å². The second kappa shape index (κ2) is 5.04. The largest absolute Gasteiger partial charge is 0.465 e. The first-order chi connectivity index (χ1) is 8.48. The summed E-state index contributed by atoms with van der Waals surface area (Å²) in [7, 11) is 0. The van der Waals surface area contributed by atoms with Crippen LogP contribution in [0.15, 0.2) is 11.6 Å². The van der Waals surface area contributed by atoms with Crippen molar-refractivity contribution in [3.05, 3.63) is 11.6 Å². The monoisotopic (exact) mass is 252 g/mol. The Morgan fingerprint density at radius 1 is 1.56 bits per heavy atom. The molecule has 0 aromatic heterocycles. The van der Waals surface area contributed by atoms with E-state index in [1.54, 1.807) is 0 Å². The van der Waals surface area contributed by atoms with Gasteiger partial charge in [0.2, 0.25) is 0 Å². The number of ether oxygens (including phenoxy) is 2. The number of esters is 1. The minimum absolute atomic E-state index is 0.0124. The van der Waals surface area contributed by atoms with Crippen LogP contribution in [0.25, 0.3) is 0 Å². The van der Waals surface area contributed by atoms with Crippen LogP contribution >= 0.6 is 0 Å². The lowest BCUT2D eigenvalue weighted by molar-refractivity contribution is -0.161. The van der Waals surface area contributed by atoms with E-state index >= 15 is 0 Å². The Kier molecular flexibility index (Phi) is 3.81. The molecule has 3 heteroatoms. The van der Waals surface area contributed by atoms with E-state index in [-0.39, 0.29) is 17.5 Å². The van der Waals surface area contributed by atoms with Gasteiger partial charge in [0.1, 0.15) is 0 Å². The lowest BCUT2D eigenvalue weighted by atomic mass is 9.63. The minimum Gasteiger partial charge on any atom is -0.465 e. The van der Waals surface area contributed by atoms with Gasteiger partial charge in [-0.15, -0.1) is 0 Å². The van der Waals surface area contributed by atoms with Crippen LogP contribution in [0.5, 0.6) is 0 Å². The third-order valence-electron chi connectivity index (χ3n) is 4.70. The topological polar surface area (TPSA) is 35.5 Å². The maximum atomic E-state index is 11.4. The van der Waals surface area contributed by atoms with E-state index in [2.05, 4.69) is 26.8 Å². The number of carbonyl (C=O) groups excluding carboxylic acids is 1. The molecular weight excluding hydrogens is 228 g/mol. The van der Waals surface area contributed by atoms with E-state index in [0.717, 1.165) is 6.42 Å². The Labute approximate surface area is 110 Å². The highest BCUT2D eigenvalue weighted by atomic mass is 16.5. The second-order valence-electron chi connectivity index (χ2n) is 5.90. The lowest BCUT2D eigenvalue weighted by Gasteiger charge is -2.49. The fourth-order valence-corrected chi connectivity index (χ4v) is 3.18. The summed E-state index contributed by atoms with van der Waals surface area (Å²) in [6.45, 7) is 9.56. The molecule has 1 saturated heterocycles. The number of rotatable bonds is 3. The Hall–Kier alpha value is -0.830. The zero-order valence-corrected chi connectivity index (χ0v) is 11.9. The molecule has 0 radical (unpaired) electrons. The summed E-state index contributed by atoms with van der Waals surface area (Å²) in [6.07, 6.45) is 4.14. The first-order valence-electron chi connectivity index (χ1n) is 6.94. The fraction of sp³-hybridized carbons (Fsp3) is 0.800. The van der Waals surface area contributed by atoms with Crippen LogP contribution in [0.3, 0.4) is 0 Å². The average Bonchev–Trinajstić information content (AvgIpc) is 2.36. The van der Waals surface area contributed by atoms with Crippen LogP contribution < -0.4 is 0 Å². The molecule has 3 nitrogen and oxygen atoms in total. The molecule has 18 heavy (non-hydrogen) atoms. The lowest BCUT2D eigenvalue weighted by Crippen LogP contribution is -2.50. The molecule has 2 bridgehead atoms. The van der Waals surface area contributed by atoms with Crippen molar-refractivity contribution < 1.29 is 14.3 Å². The molecule has 0 unspecified atom stereocenters. The quantitative estimate of drug-likeness (QED) is 0.572. The molecule has 0 aromatic carbocycles. The summed E-state index contributed by atoms with van der Waals surface area (Å²) in [5.74, 6) is 0.777. The first kappa shape index (κ1) is 13.6. The summed E-state index contributed by atoms with van der Waals surface area (Å²) in [5, 5.41) is 0. The molecule has 1 fully saturated rings. The van der Waals surface area contributed by atoms with Crippen molar-refractivity contribution >= 4 is 5.97 Å². The van der Waals surface area contributed by atoms with E-state index < -0.39 is 0 Å². The van der Waals surface area contributed by atoms with Crippen molar-refractivity contribution in [3.8, 4) is 0 Å². The summed E-state index contributed by atoms with van der Waals surface area (Å²) < 4.78 is 11.3. The SMILES string of the molecule is CCC(=O)OC[C@]12CO[C@@H](C)[C@@H](C1)C(C)=C[C@@H]2C. The molecule has 1 aliphatic carbocycles. The highest BCUT2D eigenvalue weighted by Crippen LogP contribution is 2.48. The zero-order chi connectivity index (χ0) is 13.3. The van der Waals surface area contributed by atoms with Gasteiger partial charge in [0, 0.05) is 17.8 Å². The Morgan fingerprint density at radius 3 is 2.94 bits per heavy atom. The van der Waals surface area contributed by atoms with Gasteiger partial charge < -0.3 is 9.47 Å². The molecule has 4 atom stereocenters. The number of fused-ring (bicyclic) bond motifs is 2. The van der Waals surface area contributed by atoms with Crippen molar-refractivity contribution in [2.75, 3.05) is 13.2 Å². The van der Waals surface area contributed by atoms with Crippen molar-refractivity contribution in [2.45, 2.75) is 46.6 Å². The van der Waals surface area contributed by atoms with E-state index in [0.29, 0.717) is 31.5 Å². The highest BCUT2D eigenvalue weighted by Gasteiger charge is 2.47. The maximum Gasteiger partial charge on any atom is 0.305 e. The third-order valence-corrected chi connectivity index (χ3v) is 4.70. The van der Waals surface area contributed by atoms with Crippen LogP contribution in [-0.2, 0) is 14.3 Å². The summed E-state index contributed by atoms with van der Waals surface area (Å²) in [5.41, 5.74) is 1.41. The normalized spacial score (nSPS) is 39.1. The predicted octanol–water partition coefficient (Wildman–Crippen LogP) is 2.95. The minimum atomic E-state index is -0.113. The van der Waals surface area contributed by atoms with Crippen molar-refractivity contribution in [3.63, 3.8) is 0 Å². The Morgan fingerprint density at radius 2 is 2.28 bits per heavy atom. The standard InChI is InChI=1S/C15H24O3/c1-5-14(16)18-9-15-7-13(12(4)17-8-15)10(2)6-11(15)3/h6,11-13H,5,7-9H2,1-4H3/t11-,12-,13-,15+/m0/s1. The van der Waals surface area contributed by atoms with Gasteiger partial charge >= 0.3 is 5.97 Å². The van der Waals surface area contributed by atoms with E-state index in [1.165, 1.54) is 5.57 Å². The molecule has 0 aromatic rings. The molecular formula is C15H24O3. The van der Waals surface area contributed by atoms with Crippen molar-refractivity contribution in [1.29, 1.82) is 0 Å². The second-order valence-corrected chi connectivity index (χ2v) is 5.90. The maximum absolute atomic E-state index is 11.4. The summed E-state index contributed by atoms with van der Waals surface area (Å²) in [4.78, 5) is 11.4. The van der Waals surface area contributed by atoms with Crippen LogP contribution in [0, 0.1) is 17.3 Å². The zero-order valence-electron chi connectivity index (χ0n) is 11.9. The molecule has 2 rings (SSSR count). The smallest absolute Gasteiger partial charge is 0.305 e. The summed E-state index contributed by atoms with van der Waals surface area (Å²) in [6, 6.07) is 0. The molecule has 0 N–H and O–H groups in total. The van der Waals surface area contributed by atoms with Gasteiger partial charge in [0.25, 0.3) is 0 Å². The number of allylic oxidation sites excluding steroid dienone is 1. The summed E-state index contributed by atoms with van der Waals surface area (Å²) >= 11 is 0. The molecule has 0 spiro atoms. The molecule has 1 aliphatic heterocycles. The van der Waals surface area contributed by atoms with Gasteiger partial charge in [-0.05, 0) is 26.2 Å². The molecule has 0 amide bonds. The molecule has 102 valence electrons. The van der Waals surface area contributed by atoms with Gasteiger partial charge in [-0.1, -0.05) is 25.5 Å². The van der Waals surface area contributed by atoms with Crippen LogP contribution in [0.2, 0.25) is 0 Å². The number of carbonyl (C=O) groups is 1. The fourth-order valence-electron chi connectivity index (χ4n) is 3.18. The molecule has 2 aliphatic rings. The predicted molar refractivity (Wildman–Crippen MR) is 70.1 cm³/mol. The van der Waals surface area contributed by atoms with E-state index in [1.807, 2.05) is 6.92 Å². The third kappa shape index (κ3) is 2.33. The van der Waals surface area contributed by atoms with Crippen LogP contribution in [0.4, 0.5) is 0 Å². The van der Waals surface area contributed by atoms with Gasteiger partial charge in [-0.3, -0.25) is 4.79 Å². The van der Waals surface area contributed by atoms with E-state index in [4.69, 9.17) is 9.47 Å². The number of hydrogen-bond acceptors (Lipinski definition) is 3. The van der Waals surface area contributed by atoms with Crippen LogP contribution in [0.1, 0.15) is 40.5 Å². The molecule has 0 saturated carbocycles. The van der Waals surface area contributed by atoms with E-state index in [9.17, 15) is 4.79 Å². The van der Waals surface area contributed by atoms with Crippen LogP contribution in [-0.4, -0.2) is 25.3 Å². The molecule has 1 heterocycles. The van der Waals surface area contributed by atoms with Gasteiger partial charge in [0.05, 0.1) is 19.3 Å². The van der Waals surface area contributed by atoms with Crippen molar-refractivity contribution in [1.82, 2.24) is 0 Å². The Bertz CT molecular complexity index is 361. The van der Waals surface area contributed by atoms with Gasteiger partial charge in [0.15, 0.2) is 0 Å². The number of hydrogen-bond donors (Lipinski definition) is 0. The first-order valence-corrected chi connectivity index (χ1v) is 6.94. The Balaban J connectivity index is 2.14. The van der Waals surface area contributed by atoms with Gasteiger partial charge in [-0.2, -0.15) is 0 Å². The highest BCUT2D eigenvalue weighted by molar-refractivity contribution is 5.68. The average molecular weight is 252 g/mol. The van der Waals surface area contributed by atoms with Gasteiger partial charge in [-0.25, -0.2) is 0 Å².